The lowest BCUT2D eigenvalue weighted by molar-refractivity contribution is 0.601. The topological polar surface area (TPSA) is 72.0 Å². The minimum absolute atomic E-state index is 0.103. The molecule has 0 aliphatic heterocycles. The molecule has 0 saturated carbocycles. The molecule has 5 nitrogen and oxygen atoms in total. The number of benzene rings is 1. The van der Waals surface area contributed by atoms with Crippen molar-refractivity contribution in [1.82, 2.24) is 9.36 Å². The van der Waals surface area contributed by atoms with Gasteiger partial charge < -0.3 is 0 Å². The van der Waals surface area contributed by atoms with E-state index in [9.17, 15) is 8.42 Å². The first-order valence-electron chi connectivity index (χ1n) is 4.67. The highest BCUT2D eigenvalue weighted by molar-refractivity contribution is 9.10. The van der Waals surface area contributed by atoms with E-state index in [1.165, 1.54) is 18.2 Å². The average molecular weight is 369 g/mol. The standard InChI is InChI=1S/C9H7BrClN3O2S2/c1-5-12-9(17-13-5)14-18(15,16)6-2-3-8(11)7(10)4-6/h2-4H,1H3,(H,12,13,14). The van der Waals surface area contributed by atoms with Gasteiger partial charge in [0.1, 0.15) is 5.82 Å². The number of halogens is 2. The molecule has 0 radical (unpaired) electrons. The summed E-state index contributed by atoms with van der Waals surface area (Å²) in [6, 6.07) is 4.35. The van der Waals surface area contributed by atoms with Crippen LogP contribution in [0.15, 0.2) is 27.6 Å². The van der Waals surface area contributed by atoms with Crippen LogP contribution in [0, 0.1) is 6.92 Å². The van der Waals surface area contributed by atoms with E-state index in [1.807, 2.05) is 0 Å². The first kappa shape index (κ1) is 13.7. The number of sulfonamides is 1. The first-order chi connectivity index (χ1) is 8.38. The minimum Gasteiger partial charge on any atom is -0.253 e. The summed E-state index contributed by atoms with van der Waals surface area (Å²) in [5, 5.41) is 0.680. The van der Waals surface area contributed by atoms with Gasteiger partial charge in [0.2, 0.25) is 5.13 Å². The molecule has 18 heavy (non-hydrogen) atoms. The Bertz CT molecular complexity index is 687. The Kier molecular flexibility index (Phi) is 3.90. The second-order valence-corrected chi connectivity index (χ2v) is 7.02. The summed E-state index contributed by atoms with van der Waals surface area (Å²) in [6.45, 7) is 1.69. The maximum Gasteiger partial charge on any atom is 0.263 e. The summed E-state index contributed by atoms with van der Waals surface area (Å²) in [4.78, 5) is 4.04. The number of nitrogens with zero attached hydrogens (tertiary/aromatic N) is 2. The molecule has 9 heteroatoms. The molecule has 0 fully saturated rings. The van der Waals surface area contributed by atoms with Crippen molar-refractivity contribution < 1.29 is 8.42 Å². The highest BCUT2D eigenvalue weighted by Crippen LogP contribution is 2.26. The largest absolute Gasteiger partial charge is 0.263 e. The molecule has 0 aliphatic rings. The molecule has 0 aliphatic carbocycles. The number of aromatic nitrogens is 2. The molecular formula is C9H7BrClN3O2S2. The predicted molar refractivity (Wildman–Crippen MR) is 74.6 cm³/mol. The van der Waals surface area contributed by atoms with Gasteiger partial charge in [0.15, 0.2) is 0 Å². The molecule has 0 bridgehead atoms. The van der Waals surface area contributed by atoms with Crippen LogP contribution >= 0.6 is 39.1 Å². The van der Waals surface area contributed by atoms with E-state index >= 15 is 0 Å². The number of rotatable bonds is 3. The third-order valence-electron chi connectivity index (χ3n) is 1.95. The van der Waals surface area contributed by atoms with Gasteiger partial charge in [-0.25, -0.2) is 13.4 Å². The lowest BCUT2D eigenvalue weighted by atomic mass is 10.4. The molecule has 0 unspecified atom stereocenters. The zero-order valence-corrected chi connectivity index (χ0v) is 13.0. The van der Waals surface area contributed by atoms with Crippen molar-refractivity contribution in [3.8, 4) is 0 Å². The normalized spacial score (nSPS) is 11.5. The lowest BCUT2D eigenvalue weighted by Crippen LogP contribution is -2.12. The molecule has 0 spiro atoms. The summed E-state index contributed by atoms with van der Waals surface area (Å²) in [6.07, 6.45) is 0. The highest BCUT2D eigenvalue weighted by atomic mass is 79.9. The maximum absolute atomic E-state index is 12.0. The summed E-state index contributed by atoms with van der Waals surface area (Å²) in [5.41, 5.74) is 0. The highest BCUT2D eigenvalue weighted by Gasteiger charge is 2.17. The Morgan fingerprint density at radius 1 is 1.44 bits per heavy atom. The van der Waals surface area contributed by atoms with Gasteiger partial charge in [0, 0.05) is 16.0 Å². The van der Waals surface area contributed by atoms with E-state index in [0.717, 1.165) is 11.5 Å². The van der Waals surface area contributed by atoms with Crippen LogP contribution in [0.1, 0.15) is 5.82 Å². The van der Waals surface area contributed by atoms with Crippen molar-refractivity contribution in [1.29, 1.82) is 0 Å². The second-order valence-electron chi connectivity index (χ2n) is 3.33. The molecule has 1 aromatic heterocycles. The Balaban J connectivity index is 2.33. The average Bonchev–Trinajstić information content (AvgIpc) is 2.67. The molecule has 0 amide bonds. The fourth-order valence-corrected chi connectivity index (χ4v) is 3.63. The van der Waals surface area contributed by atoms with Crippen LogP contribution < -0.4 is 4.72 Å². The minimum atomic E-state index is -3.67. The smallest absolute Gasteiger partial charge is 0.253 e. The van der Waals surface area contributed by atoms with E-state index in [0.29, 0.717) is 15.3 Å². The van der Waals surface area contributed by atoms with Crippen molar-refractivity contribution in [2.75, 3.05) is 4.72 Å². The molecule has 2 aromatic rings. The van der Waals surface area contributed by atoms with Gasteiger partial charge in [-0.2, -0.15) is 4.37 Å². The second kappa shape index (κ2) is 5.12. The Morgan fingerprint density at radius 2 is 2.17 bits per heavy atom. The summed E-state index contributed by atoms with van der Waals surface area (Å²) in [7, 11) is -3.67. The summed E-state index contributed by atoms with van der Waals surface area (Å²) < 4.78 is 30.8. The van der Waals surface area contributed by atoms with E-state index < -0.39 is 10.0 Å². The van der Waals surface area contributed by atoms with Crippen molar-refractivity contribution in [2.24, 2.45) is 0 Å². The van der Waals surface area contributed by atoms with Crippen LogP contribution in [0.5, 0.6) is 0 Å². The van der Waals surface area contributed by atoms with Crippen LogP contribution in [-0.2, 0) is 10.0 Å². The molecule has 1 aromatic carbocycles. The molecule has 2 rings (SSSR count). The molecular weight excluding hydrogens is 362 g/mol. The zero-order chi connectivity index (χ0) is 13.3. The summed E-state index contributed by atoms with van der Waals surface area (Å²) >= 11 is 9.98. The van der Waals surface area contributed by atoms with E-state index in [4.69, 9.17) is 11.6 Å². The fourth-order valence-electron chi connectivity index (χ4n) is 1.16. The molecule has 96 valence electrons. The molecule has 0 saturated heterocycles. The van der Waals surface area contributed by atoms with Gasteiger partial charge >= 0.3 is 0 Å². The van der Waals surface area contributed by atoms with Gasteiger partial charge in [0.05, 0.1) is 9.92 Å². The van der Waals surface area contributed by atoms with E-state index in [-0.39, 0.29) is 10.0 Å². The maximum atomic E-state index is 12.0. The number of anilines is 1. The quantitative estimate of drug-likeness (QED) is 0.903. The zero-order valence-electron chi connectivity index (χ0n) is 9.02. The lowest BCUT2D eigenvalue weighted by Gasteiger charge is -2.05. The molecule has 1 heterocycles. The molecule has 1 N–H and O–H groups in total. The van der Waals surface area contributed by atoms with Crippen LogP contribution in [-0.4, -0.2) is 17.8 Å². The third-order valence-corrected chi connectivity index (χ3v) is 5.35. The Labute approximate surface area is 122 Å². The number of nitrogens with one attached hydrogen (secondary N) is 1. The first-order valence-corrected chi connectivity index (χ1v) is 8.09. The van der Waals surface area contributed by atoms with Gasteiger partial charge in [-0.05, 0) is 41.1 Å². The van der Waals surface area contributed by atoms with Crippen molar-refractivity contribution >= 4 is 54.2 Å². The van der Waals surface area contributed by atoms with Crippen molar-refractivity contribution in [3.63, 3.8) is 0 Å². The summed E-state index contributed by atoms with van der Waals surface area (Å²) in [5.74, 6) is 0.523. The van der Waals surface area contributed by atoms with Crippen molar-refractivity contribution in [2.45, 2.75) is 11.8 Å². The predicted octanol–water partition coefficient (Wildman–Crippen LogP) is 3.06. The monoisotopic (exact) mass is 367 g/mol. The fraction of sp³-hybridized carbons (Fsp3) is 0.111. The number of hydrogen-bond donors (Lipinski definition) is 1. The Morgan fingerprint density at radius 3 is 2.72 bits per heavy atom. The van der Waals surface area contributed by atoms with Crippen LogP contribution in [0.3, 0.4) is 0 Å². The SMILES string of the molecule is Cc1nsc(NS(=O)(=O)c2ccc(Cl)c(Br)c2)n1. The van der Waals surface area contributed by atoms with Gasteiger partial charge in [0.25, 0.3) is 10.0 Å². The third kappa shape index (κ3) is 3.00. The van der Waals surface area contributed by atoms with E-state index in [1.54, 1.807) is 6.92 Å². The van der Waals surface area contributed by atoms with Crippen molar-refractivity contribution in [3.05, 3.63) is 33.5 Å². The van der Waals surface area contributed by atoms with E-state index in [2.05, 4.69) is 30.0 Å². The van der Waals surface area contributed by atoms with Crippen LogP contribution in [0.25, 0.3) is 0 Å². The van der Waals surface area contributed by atoms with Crippen LogP contribution in [0.4, 0.5) is 5.13 Å². The Hall–Kier alpha value is -0.700. The number of hydrogen-bond acceptors (Lipinski definition) is 5. The molecule has 0 atom stereocenters. The van der Waals surface area contributed by atoms with Gasteiger partial charge in [-0.1, -0.05) is 11.6 Å². The van der Waals surface area contributed by atoms with Crippen LogP contribution in [0.2, 0.25) is 5.02 Å². The van der Waals surface area contributed by atoms with Gasteiger partial charge in [-0.3, -0.25) is 4.72 Å². The van der Waals surface area contributed by atoms with Gasteiger partial charge in [-0.15, -0.1) is 0 Å². The number of aryl methyl sites for hydroxylation is 1.